The third-order valence-electron chi connectivity index (χ3n) is 1.12. The third-order valence-corrected chi connectivity index (χ3v) is 1.85. The maximum atomic E-state index is 10.1. The van der Waals surface area contributed by atoms with Crippen molar-refractivity contribution in [2.45, 2.75) is 6.42 Å². The predicted molar refractivity (Wildman–Crippen MR) is 30.6 cm³/mol. The van der Waals surface area contributed by atoms with Crippen LogP contribution in [0.15, 0.2) is 0 Å². The zero-order valence-corrected chi connectivity index (χ0v) is 15.8. The van der Waals surface area contributed by atoms with E-state index in [2.05, 4.69) is 0 Å². The summed E-state index contributed by atoms with van der Waals surface area (Å²) in [5, 5.41) is 20.0. The molecule has 0 aromatic carbocycles. The third kappa shape index (κ3) is 16.0. The number of hydrogen-bond donors (Lipinski definition) is 0. The summed E-state index contributed by atoms with van der Waals surface area (Å²) in [7, 11) is -2.91. The van der Waals surface area contributed by atoms with E-state index >= 15 is 0 Å². The van der Waals surface area contributed by atoms with Crippen molar-refractivity contribution in [1.29, 1.82) is 0 Å². The minimum atomic E-state index is -2.91. The van der Waals surface area contributed by atoms with Gasteiger partial charge in [0, 0.05) is 17.9 Å². The largest absolute Gasteiger partial charge is 1.00 e. The van der Waals surface area contributed by atoms with Crippen LogP contribution in [0.5, 0.6) is 0 Å². The molecule has 0 rings (SSSR count). The molecule has 0 spiro atoms. The number of carbonyl (C=O) groups is 2. The normalized spacial score (nSPS) is 10.9. The average molecular weight is 261 g/mol. The molecule has 0 heterocycles. The van der Waals surface area contributed by atoms with Gasteiger partial charge in [0.15, 0.2) is 6.16 Å². The molecule has 10 heteroatoms. The fourth-order valence-electron chi connectivity index (χ4n) is 0.604. The summed E-state index contributed by atoms with van der Waals surface area (Å²) in [4.78, 5) is 30.0. The van der Waals surface area contributed by atoms with E-state index in [4.69, 9.17) is 0 Å². The first-order valence-corrected chi connectivity index (χ1v) is 4.32. The van der Waals surface area contributed by atoms with E-state index in [9.17, 15) is 29.3 Å². The summed E-state index contributed by atoms with van der Waals surface area (Å²) in [5.74, 6) is -4.82. The summed E-state index contributed by atoms with van der Waals surface area (Å²) in [5.41, 5.74) is 0. The van der Waals surface area contributed by atoms with Crippen LogP contribution in [0.2, 0.25) is 0 Å². The Bertz CT molecular complexity index is 207. The van der Waals surface area contributed by atoms with Gasteiger partial charge in [-0.05, 0) is 6.42 Å². The van der Waals surface area contributed by atoms with E-state index in [-0.39, 0.29) is 88.7 Å². The Morgan fingerprint density at radius 1 is 1.13 bits per heavy atom. The van der Waals surface area contributed by atoms with E-state index in [0.29, 0.717) is 0 Å². The molecule has 0 aliphatic rings. The molecule has 0 aliphatic heterocycles. The van der Waals surface area contributed by atoms with Crippen LogP contribution in [0.3, 0.4) is 0 Å². The van der Waals surface area contributed by atoms with Crippen molar-refractivity contribution >= 4 is 20.0 Å². The van der Waals surface area contributed by atoms with Crippen molar-refractivity contribution in [1.82, 2.24) is 0 Å². The maximum Gasteiger partial charge on any atom is 1.00 e. The Kier molecular flexibility index (Phi) is 24.1. The first kappa shape index (κ1) is 25.8. The van der Waals surface area contributed by atoms with E-state index in [0.717, 1.165) is 0 Å². The molecular weight excluding hydrogens is 256 g/mol. The number of hydrogen-bond acceptors (Lipinski definition) is 6. The Morgan fingerprint density at radius 2 is 1.53 bits per heavy atom. The van der Waals surface area contributed by atoms with Gasteiger partial charge in [-0.2, -0.15) is 0 Å². The monoisotopic (exact) mass is 261 g/mol. The SMILES string of the molecule is O=C([O-])CC(C[P+](=O)[O-])C(=O)[O-].[Na+].[Na+].[Na+]. The molecule has 6 nitrogen and oxygen atoms in total. The van der Waals surface area contributed by atoms with Gasteiger partial charge in [0.2, 0.25) is 0 Å². The molecule has 2 atom stereocenters. The van der Waals surface area contributed by atoms with Crippen molar-refractivity contribution in [3.05, 3.63) is 0 Å². The summed E-state index contributed by atoms with van der Waals surface area (Å²) < 4.78 is 10.0. The number of carbonyl (C=O) groups excluding carboxylic acids is 2. The molecule has 0 saturated heterocycles. The second-order valence-corrected chi connectivity index (χ2v) is 3.14. The van der Waals surface area contributed by atoms with Crippen LogP contribution in [0.1, 0.15) is 6.42 Å². The second kappa shape index (κ2) is 14.1. The molecule has 68 valence electrons. The quantitative estimate of drug-likeness (QED) is 0.358. The standard InChI is InChI=1S/C5H7O6P.3Na/c6-4(7)1-3(5(8)9)2-12(10)11;;;/h3H,1-2H2,(H,6,7)(H,8,9);;;/q;3*+1/p-2. The zero-order chi connectivity index (χ0) is 9.72. The van der Waals surface area contributed by atoms with Crippen molar-refractivity contribution in [3.8, 4) is 0 Å². The predicted octanol–water partition coefficient (Wildman–Crippen LogP) is -12.4. The van der Waals surface area contributed by atoms with Crippen molar-refractivity contribution in [3.63, 3.8) is 0 Å². The van der Waals surface area contributed by atoms with Gasteiger partial charge in [-0.3, -0.25) is 0 Å². The van der Waals surface area contributed by atoms with E-state index in [1.165, 1.54) is 0 Å². The molecule has 0 bridgehead atoms. The van der Waals surface area contributed by atoms with Gasteiger partial charge in [0.25, 0.3) is 0 Å². The number of rotatable bonds is 5. The molecule has 0 amide bonds. The van der Waals surface area contributed by atoms with Crippen molar-refractivity contribution in [2.24, 2.45) is 5.92 Å². The molecule has 0 N–H and O–H groups in total. The smallest absolute Gasteiger partial charge is 0.596 e. The molecule has 0 aromatic heterocycles. The average Bonchev–Trinajstić information content (AvgIpc) is 1.83. The Labute approximate surface area is 154 Å². The minimum Gasteiger partial charge on any atom is -0.596 e. The topological polar surface area (TPSA) is 120 Å². The van der Waals surface area contributed by atoms with Gasteiger partial charge in [-0.25, -0.2) is 0 Å². The van der Waals surface area contributed by atoms with E-state index < -0.39 is 38.5 Å². The van der Waals surface area contributed by atoms with Crippen LogP contribution in [0.4, 0.5) is 0 Å². The summed E-state index contributed by atoms with van der Waals surface area (Å²) in [6.45, 7) is 0. The fourth-order valence-corrected chi connectivity index (χ4v) is 1.24. The molecular formula is C5H5Na3O6P+. The van der Waals surface area contributed by atoms with Crippen LogP contribution < -0.4 is 104 Å². The first-order chi connectivity index (χ1) is 5.43. The number of aliphatic carboxylic acids is 2. The zero-order valence-electron chi connectivity index (χ0n) is 8.89. The second-order valence-electron chi connectivity index (χ2n) is 2.11. The summed E-state index contributed by atoms with van der Waals surface area (Å²) in [6, 6.07) is 0. The fraction of sp³-hybridized carbons (Fsp3) is 0.600. The van der Waals surface area contributed by atoms with Crippen molar-refractivity contribution in [2.75, 3.05) is 6.16 Å². The molecule has 0 aromatic rings. The van der Waals surface area contributed by atoms with Gasteiger partial charge < -0.3 is 24.7 Å². The van der Waals surface area contributed by atoms with Crippen LogP contribution in [0.25, 0.3) is 0 Å². The van der Waals surface area contributed by atoms with Gasteiger partial charge in [-0.1, -0.05) is 4.57 Å². The Morgan fingerprint density at radius 3 is 1.73 bits per heavy atom. The minimum absolute atomic E-state index is 0. The van der Waals surface area contributed by atoms with Gasteiger partial charge in [-0.15, -0.1) is 0 Å². The van der Waals surface area contributed by atoms with Crippen LogP contribution in [0, 0.1) is 5.92 Å². The maximum absolute atomic E-state index is 10.1. The first-order valence-electron chi connectivity index (χ1n) is 2.96. The Balaban J connectivity index is -0.000000202. The molecule has 15 heavy (non-hydrogen) atoms. The molecule has 0 fully saturated rings. The number of carboxylic acids is 2. The molecule has 0 saturated carbocycles. The van der Waals surface area contributed by atoms with E-state index in [1.54, 1.807) is 0 Å². The van der Waals surface area contributed by atoms with Crippen LogP contribution in [-0.2, 0) is 14.2 Å². The van der Waals surface area contributed by atoms with Gasteiger partial charge in [0.1, 0.15) is 0 Å². The van der Waals surface area contributed by atoms with Crippen molar-refractivity contribution < 1.29 is 118 Å². The number of carboxylic acid groups (broad SMARTS) is 2. The van der Waals surface area contributed by atoms with Crippen LogP contribution in [-0.4, -0.2) is 18.1 Å². The Hall–Kier alpha value is 2.00. The summed E-state index contributed by atoms with van der Waals surface area (Å²) in [6.07, 6.45) is -1.57. The van der Waals surface area contributed by atoms with E-state index in [1.807, 2.05) is 0 Å². The molecule has 0 radical (unpaired) electrons. The summed E-state index contributed by atoms with van der Waals surface area (Å²) >= 11 is 0. The molecule has 0 aliphatic carbocycles. The van der Waals surface area contributed by atoms with Crippen LogP contribution >= 0.6 is 8.03 Å². The van der Waals surface area contributed by atoms with Gasteiger partial charge >= 0.3 is 96.7 Å². The van der Waals surface area contributed by atoms with Gasteiger partial charge in [0.05, 0.1) is 0 Å². The molecule has 2 unspecified atom stereocenters.